The zero-order valence-corrected chi connectivity index (χ0v) is 71.0. The number of halogens is 5. The number of nitrogens with one attached hydrogen (secondary N) is 6. The fraction of sp³-hybridized carbons (Fsp3) is 0.603. The molecule has 111 heavy (non-hydrogen) atoms. The van der Waals surface area contributed by atoms with Gasteiger partial charge in [-0.3, -0.25) is 73.2 Å². The third-order valence-corrected chi connectivity index (χ3v) is 24.2. The molecular formula is C78H114Cl2F3N17O7S4. The lowest BCUT2D eigenvalue weighted by Gasteiger charge is -2.30. The van der Waals surface area contributed by atoms with Crippen molar-refractivity contribution in [3.05, 3.63) is 127 Å². The molecule has 7 aliphatic rings. The maximum atomic E-state index is 12.6. The molecule has 2 aromatic carbocycles. The molecule has 6 aromatic rings. The third kappa shape index (κ3) is 30.0. The van der Waals surface area contributed by atoms with Crippen LogP contribution in [-0.2, 0) is 58.2 Å². The minimum atomic E-state index is -4.52. The Balaban J connectivity index is 0.000000182. The van der Waals surface area contributed by atoms with Gasteiger partial charge in [0.05, 0.1) is 60.4 Å². The van der Waals surface area contributed by atoms with E-state index in [9.17, 15) is 46.7 Å². The second kappa shape index (κ2) is 44.4. The van der Waals surface area contributed by atoms with Gasteiger partial charge in [-0.1, -0.05) is 78.1 Å². The van der Waals surface area contributed by atoms with Gasteiger partial charge in [-0.25, -0.2) is 9.97 Å². The summed E-state index contributed by atoms with van der Waals surface area (Å²) in [5.41, 5.74) is 1.78. The summed E-state index contributed by atoms with van der Waals surface area (Å²) in [4.78, 5) is 107. The highest BCUT2D eigenvalue weighted by atomic mass is 35.5. The largest absolute Gasteiger partial charge is 0.445 e. The number of anilines is 2. The summed E-state index contributed by atoms with van der Waals surface area (Å²) in [5.74, 6) is 0.483. The summed E-state index contributed by atoms with van der Waals surface area (Å²) in [6.45, 7) is 18.8. The van der Waals surface area contributed by atoms with Crippen LogP contribution in [0.2, 0.25) is 0 Å². The van der Waals surface area contributed by atoms with Crippen molar-refractivity contribution in [2.45, 2.75) is 208 Å². The number of ketones is 1. The summed E-state index contributed by atoms with van der Waals surface area (Å²) in [6, 6.07) is 24.1. The molecule has 4 aromatic heterocycles. The van der Waals surface area contributed by atoms with Gasteiger partial charge in [-0.15, -0.1) is 67.4 Å². The fourth-order valence-corrected chi connectivity index (χ4v) is 17.4. The number of hydrogen-bond donors (Lipinski definition) is 6. The Morgan fingerprint density at radius 1 is 0.505 bits per heavy atom. The third-order valence-electron chi connectivity index (χ3n) is 20.2. The number of thiazole rings is 2. The van der Waals surface area contributed by atoms with E-state index in [0.29, 0.717) is 35.2 Å². The van der Waals surface area contributed by atoms with E-state index >= 15 is 0 Å². The molecule has 33 heteroatoms. The Hall–Kier alpha value is -6.46. The van der Waals surface area contributed by atoms with Crippen LogP contribution >= 0.6 is 68.5 Å². The number of rotatable bonds is 17. The van der Waals surface area contributed by atoms with E-state index in [1.165, 1.54) is 28.2 Å². The van der Waals surface area contributed by atoms with Crippen LogP contribution < -0.4 is 31.9 Å². The second-order valence-electron chi connectivity index (χ2n) is 30.7. The number of alkyl halides is 5. The van der Waals surface area contributed by atoms with Crippen LogP contribution in [0.25, 0.3) is 0 Å². The minimum absolute atomic E-state index is 0.00163. The van der Waals surface area contributed by atoms with Gasteiger partial charge in [0.15, 0.2) is 5.13 Å². The zero-order valence-electron chi connectivity index (χ0n) is 66.2. The molecule has 11 heterocycles. The van der Waals surface area contributed by atoms with Gasteiger partial charge in [0.1, 0.15) is 10.8 Å². The SMILES string of the molecule is CC(=O)C1CCCN1C.CN1CCCC1C(=O)NC(Cc1ccccc1)c1nccs1.CN1CCCC1C(=O)NCc1cccs1.CN1CCCC1C(=O)Nc1nccs1.CN1CCCC1C(=O)Nc1nnc(C(F)(F)F)s1.CN1C[C@@H](Cl)C[C@H]1C(=O)NC(C)(C)C.CN1C[C@@H](Cl)C[C@H]1C(=O)NC(C)(C)c1ccccc1. The molecule has 0 saturated carbocycles. The molecule has 10 atom stereocenters. The number of aromatic nitrogens is 4. The predicted octanol–water partition coefficient (Wildman–Crippen LogP) is 11.1. The smallest absolute Gasteiger partial charge is 0.350 e. The molecule has 24 nitrogen and oxygen atoms in total. The van der Waals surface area contributed by atoms with Crippen LogP contribution in [-0.4, -0.2) is 249 Å². The van der Waals surface area contributed by atoms with Gasteiger partial charge < -0.3 is 26.6 Å². The van der Waals surface area contributed by atoms with E-state index in [2.05, 4.69) is 83.8 Å². The molecule has 7 aliphatic heterocycles. The molecular weight excluding hydrogens is 1540 g/mol. The topological polar surface area (TPSA) is 266 Å². The van der Waals surface area contributed by atoms with Crippen molar-refractivity contribution in [3.63, 3.8) is 0 Å². The Morgan fingerprint density at radius 2 is 0.964 bits per heavy atom. The van der Waals surface area contributed by atoms with E-state index in [1.807, 2.05) is 168 Å². The van der Waals surface area contributed by atoms with E-state index in [0.717, 1.165) is 127 Å². The molecule has 6 unspecified atom stereocenters. The number of hydrogen-bond acceptors (Lipinski definition) is 22. The summed E-state index contributed by atoms with van der Waals surface area (Å²) < 4.78 is 36.9. The molecule has 0 aliphatic carbocycles. The number of likely N-dealkylation sites (N-methyl/N-ethyl adjacent to an activating group) is 7. The first-order chi connectivity index (χ1) is 52.6. The number of Topliss-reactive ketones (excluding diaryl/α,β-unsaturated/α-hetero) is 1. The number of benzene rings is 2. The minimum Gasteiger partial charge on any atom is -0.350 e. The predicted molar refractivity (Wildman–Crippen MR) is 439 cm³/mol. The zero-order chi connectivity index (χ0) is 81.2. The van der Waals surface area contributed by atoms with Crippen molar-refractivity contribution < 1.29 is 46.7 Å². The Labute approximate surface area is 679 Å². The monoisotopic (exact) mass is 1660 g/mol. The van der Waals surface area contributed by atoms with E-state index in [-0.39, 0.29) is 111 Å². The number of nitrogens with zero attached hydrogens (tertiary/aromatic N) is 11. The van der Waals surface area contributed by atoms with Crippen LogP contribution in [0.1, 0.15) is 151 Å². The summed E-state index contributed by atoms with van der Waals surface area (Å²) in [7, 11) is 13.7. The maximum absolute atomic E-state index is 12.6. The van der Waals surface area contributed by atoms with Crippen molar-refractivity contribution in [3.8, 4) is 0 Å². The van der Waals surface area contributed by atoms with Gasteiger partial charge in [0.2, 0.25) is 45.6 Å². The average molecular weight is 1660 g/mol. The van der Waals surface area contributed by atoms with Gasteiger partial charge in [0.25, 0.3) is 0 Å². The summed E-state index contributed by atoms with van der Waals surface area (Å²) in [5, 5.41) is 30.3. The standard InChI is InChI=1S/C17H21N3OS.C15H21ClN2O.C11H16N2OS.C10H19ClN2O.C9H11F3N4OS.C9H13N3OS.C7H13NO/c1-20-10-5-8-15(20)16(21)19-14(17-18-9-11-22-17)12-13-6-3-2-4-7-13;1-15(2,11-7-5-4-6-8-11)17-14(19)13-9-12(16)10-18(13)3;1-13-6-2-5-10(13)11(14)12-8-9-4-3-7-15-9;1-10(2,3)12-9(14)8-5-7(11)6-13(8)4;1-16-4-2-3-5(16)6(17)13-8-15-14-7(18-8)9(10,11)12;1-12-5-2-3-7(12)8(13)11-9-10-4-6-14-9;1-6(9)7-4-3-5-8(7)2/h2-4,6-7,9,11,14-15H,5,8,10,12H2,1H3,(H,19,21);4-8,12-13H,9-10H2,1-3H3,(H,17,19);3-4,7,10H,2,5-6,8H2,1H3,(H,12,14);7-8H,5-6H2,1-4H3,(H,12,14);5H,2-4H2,1H3,(H,13,15,17);4,6-7H,2-3,5H2,1H3,(H,10,11,13);7H,3-5H2,1-2H3/t;12-,13-;;7-,8-;;;/m.0.0.../s1. The van der Waals surface area contributed by atoms with E-state index < -0.39 is 11.2 Å². The van der Waals surface area contributed by atoms with Gasteiger partial charge in [-0.05, 0) is 230 Å². The van der Waals surface area contributed by atoms with Gasteiger partial charge >= 0.3 is 6.18 Å². The molecule has 7 fully saturated rings. The van der Waals surface area contributed by atoms with Crippen LogP contribution in [0, 0.1) is 0 Å². The quantitative estimate of drug-likeness (QED) is 0.0464. The van der Waals surface area contributed by atoms with Gasteiger partial charge in [0, 0.05) is 57.4 Å². The Morgan fingerprint density at radius 3 is 1.36 bits per heavy atom. The van der Waals surface area contributed by atoms with Gasteiger partial charge in [-0.2, -0.15) is 13.2 Å². The molecule has 13 rings (SSSR count). The molecule has 6 N–H and O–H groups in total. The Kier molecular flexibility index (Phi) is 36.7. The van der Waals surface area contributed by atoms with Crippen molar-refractivity contribution in [1.82, 2.24) is 75.7 Å². The highest BCUT2D eigenvalue weighted by Gasteiger charge is 2.40. The van der Waals surface area contributed by atoms with Crippen LogP contribution in [0.4, 0.5) is 23.4 Å². The molecule has 0 spiro atoms. The number of thiophene rings is 1. The lowest BCUT2D eigenvalue weighted by Crippen LogP contribution is -2.49. The highest BCUT2D eigenvalue weighted by Crippen LogP contribution is 2.34. The number of carbonyl (C=O) groups is 7. The highest BCUT2D eigenvalue weighted by molar-refractivity contribution is 7.15. The lowest BCUT2D eigenvalue weighted by atomic mass is 9.94. The maximum Gasteiger partial charge on any atom is 0.445 e. The van der Waals surface area contributed by atoms with E-state index in [1.54, 1.807) is 49.0 Å². The Bertz CT molecular complexity index is 3810. The van der Waals surface area contributed by atoms with Crippen molar-refractivity contribution in [2.24, 2.45) is 0 Å². The number of amides is 6. The molecule has 612 valence electrons. The van der Waals surface area contributed by atoms with Crippen LogP contribution in [0.5, 0.6) is 0 Å². The average Bonchev–Trinajstić information content (AvgIpc) is 1.76. The summed E-state index contributed by atoms with van der Waals surface area (Å²) >= 11 is 17.2. The van der Waals surface area contributed by atoms with E-state index in [4.69, 9.17) is 23.2 Å². The first kappa shape index (κ1) is 91.7. The first-order valence-electron chi connectivity index (χ1n) is 37.9. The van der Waals surface area contributed by atoms with Crippen LogP contribution in [0.3, 0.4) is 0 Å². The van der Waals surface area contributed by atoms with Crippen molar-refractivity contribution in [1.29, 1.82) is 0 Å². The first-order valence-corrected chi connectivity index (χ1v) is 42.3. The lowest BCUT2D eigenvalue weighted by molar-refractivity contribution is -0.138. The molecule has 6 amide bonds. The fourth-order valence-electron chi connectivity index (χ4n) is 14.1. The summed E-state index contributed by atoms with van der Waals surface area (Å²) in [6.07, 6.45) is 11.3. The number of carbonyl (C=O) groups excluding carboxylic acids is 7. The second-order valence-corrected chi connectivity index (χ2v) is 35.8. The van der Waals surface area contributed by atoms with Crippen LogP contribution in [0.15, 0.2) is 101 Å². The number of likely N-dealkylation sites (tertiary alicyclic amines) is 7. The van der Waals surface area contributed by atoms with Crippen molar-refractivity contribution >= 4 is 120 Å². The molecule has 7 saturated heterocycles. The molecule has 0 radical (unpaired) electrons. The molecule has 0 bridgehead atoms. The normalized spacial score (nSPS) is 23.4. The van der Waals surface area contributed by atoms with Crippen molar-refractivity contribution in [2.75, 3.05) is 106 Å².